The number of benzene rings is 1. The normalized spacial score (nSPS) is 15.7. The summed E-state index contributed by atoms with van der Waals surface area (Å²) in [5.74, 6) is -0.00165. The van der Waals surface area contributed by atoms with Crippen LogP contribution in [-0.2, 0) is 21.2 Å². The fourth-order valence-corrected chi connectivity index (χ4v) is 4.15. The molecule has 26 heavy (non-hydrogen) atoms. The van der Waals surface area contributed by atoms with E-state index in [9.17, 15) is 13.2 Å². The zero-order valence-corrected chi connectivity index (χ0v) is 15.6. The topological polar surface area (TPSA) is 79.4 Å². The van der Waals surface area contributed by atoms with Gasteiger partial charge in [0.25, 0.3) is 0 Å². The highest BCUT2D eigenvalue weighted by molar-refractivity contribution is 7.90. The number of amides is 1. The number of sulfone groups is 1. The first kappa shape index (κ1) is 18.4. The van der Waals surface area contributed by atoms with Gasteiger partial charge >= 0.3 is 0 Å². The molecule has 1 aromatic heterocycles. The second-order valence-electron chi connectivity index (χ2n) is 6.58. The Morgan fingerprint density at radius 2 is 1.92 bits per heavy atom. The van der Waals surface area contributed by atoms with Gasteiger partial charge in [0.1, 0.15) is 0 Å². The van der Waals surface area contributed by atoms with Crippen molar-refractivity contribution < 1.29 is 13.2 Å². The van der Waals surface area contributed by atoms with Gasteiger partial charge < -0.3 is 10.2 Å². The predicted octanol–water partition coefficient (Wildman–Crippen LogP) is 2.02. The van der Waals surface area contributed by atoms with E-state index in [1.807, 2.05) is 24.3 Å². The first-order valence-corrected chi connectivity index (χ1v) is 10.5. The van der Waals surface area contributed by atoms with Crippen LogP contribution >= 0.6 is 0 Å². The van der Waals surface area contributed by atoms with Gasteiger partial charge in [-0.15, -0.1) is 0 Å². The Bertz CT molecular complexity index is 861. The standard InChI is InChI=1S/C19H23N3O3S/c1-26(24,25)18-7-3-2-6-17(18)22-11-8-16(9-12-22)19(23)21-14-15-5-4-10-20-13-15/h2-7,10,13,16H,8-9,11-12,14H2,1H3,(H,21,23). The number of carbonyl (C=O) groups excluding carboxylic acids is 1. The van der Waals surface area contributed by atoms with E-state index in [0.29, 0.717) is 37.4 Å². The molecule has 6 nitrogen and oxygen atoms in total. The summed E-state index contributed by atoms with van der Waals surface area (Å²) in [4.78, 5) is 18.8. The number of para-hydroxylation sites is 1. The quantitative estimate of drug-likeness (QED) is 0.867. The first-order chi connectivity index (χ1) is 12.4. The molecular weight excluding hydrogens is 350 g/mol. The van der Waals surface area contributed by atoms with Crippen molar-refractivity contribution in [2.75, 3.05) is 24.2 Å². The monoisotopic (exact) mass is 373 g/mol. The molecule has 2 aromatic rings. The van der Waals surface area contributed by atoms with Crippen molar-refractivity contribution in [3.05, 3.63) is 54.4 Å². The van der Waals surface area contributed by atoms with Crippen molar-refractivity contribution >= 4 is 21.4 Å². The molecule has 0 aliphatic carbocycles. The Morgan fingerprint density at radius 3 is 2.58 bits per heavy atom. The van der Waals surface area contributed by atoms with Crippen LogP contribution in [0.1, 0.15) is 18.4 Å². The van der Waals surface area contributed by atoms with Gasteiger partial charge in [0.15, 0.2) is 9.84 Å². The van der Waals surface area contributed by atoms with Crippen molar-refractivity contribution in [1.29, 1.82) is 0 Å². The molecule has 0 atom stereocenters. The lowest BCUT2D eigenvalue weighted by molar-refractivity contribution is -0.125. The van der Waals surface area contributed by atoms with Crippen LogP contribution in [0.15, 0.2) is 53.7 Å². The Labute approximate surface area is 154 Å². The molecule has 0 saturated carbocycles. The fourth-order valence-electron chi connectivity index (χ4n) is 3.25. The lowest BCUT2D eigenvalue weighted by Gasteiger charge is -2.34. The highest BCUT2D eigenvalue weighted by Gasteiger charge is 2.27. The van der Waals surface area contributed by atoms with Crippen molar-refractivity contribution in [2.45, 2.75) is 24.3 Å². The van der Waals surface area contributed by atoms with Crippen LogP contribution in [0.3, 0.4) is 0 Å². The molecule has 1 fully saturated rings. The molecule has 0 bridgehead atoms. The Hall–Kier alpha value is -2.41. The van der Waals surface area contributed by atoms with Crippen molar-refractivity contribution in [1.82, 2.24) is 10.3 Å². The number of carbonyl (C=O) groups is 1. The summed E-state index contributed by atoms with van der Waals surface area (Å²) in [6.07, 6.45) is 6.08. The minimum absolute atomic E-state index is 0.0462. The second-order valence-corrected chi connectivity index (χ2v) is 8.56. The third kappa shape index (κ3) is 4.40. The first-order valence-electron chi connectivity index (χ1n) is 8.66. The van der Waals surface area contributed by atoms with Gasteiger partial charge in [-0.05, 0) is 36.6 Å². The molecule has 1 saturated heterocycles. The Balaban J connectivity index is 1.59. The van der Waals surface area contributed by atoms with Gasteiger partial charge in [-0.2, -0.15) is 0 Å². The molecule has 7 heteroatoms. The lowest BCUT2D eigenvalue weighted by atomic mass is 9.95. The van der Waals surface area contributed by atoms with Crippen molar-refractivity contribution in [3.63, 3.8) is 0 Å². The second kappa shape index (κ2) is 7.86. The van der Waals surface area contributed by atoms with Crippen molar-refractivity contribution in [2.24, 2.45) is 5.92 Å². The summed E-state index contributed by atoms with van der Waals surface area (Å²) in [5.41, 5.74) is 1.70. The summed E-state index contributed by atoms with van der Waals surface area (Å²) >= 11 is 0. The van der Waals surface area contributed by atoms with Crippen LogP contribution in [0.5, 0.6) is 0 Å². The minimum atomic E-state index is -3.28. The summed E-state index contributed by atoms with van der Waals surface area (Å²) in [5, 5.41) is 2.97. The highest BCUT2D eigenvalue weighted by Crippen LogP contribution is 2.29. The summed E-state index contributed by atoms with van der Waals surface area (Å²) in [7, 11) is -3.28. The molecule has 1 aromatic carbocycles. The Morgan fingerprint density at radius 1 is 1.19 bits per heavy atom. The number of aromatic nitrogens is 1. The largest absolute Gasteiger partial charge is 0.370 e. The van der Waals surface area contributed by atoms with Crippen LogP contribution < -0.4 is 10.2 Å². The zero-order chi connectivity index (χ0) is 18.6. The molecular formula is C19H23N3O3S. The number of nitrogens with zero attached hydrogens (tertiary/aromatic N) is 2. The maximum Gasteiger partial charge on any atom is 0.223 e. The molecule has 1 N–H and O–H groups in total. The van der Waals surface area contributed by atoms with E-state index in [0.717, 1.165) is 11.3 Å². The van der Waals surface area contributed by atoms with E-state index in [2.05, 4.69) is 15.2 Å². The number of anilines is 1. The van der Waals surface area contributed by atoms with Gasteiger partial charge in [0.05, 0.1) is 10.6 Å². The fraction of sp³-hybridized carbons (Fsp3) is 0.368. The molecule has 1 aliphatic rings. The highest BCUT2D eigenvalue weighted by atomic mass is 32.2. The molecule has 1 aliphatic heterocycles. The van der Waals surface area contributed by atoms with E-state index < -0.39 is 9.84 Å². The third-order valence-electron chi connectivity index (χ3n) is 4.66. The van der Waals surface area contributed by atoms with E-state index in [4.69, 9.17) is 0 Å². The predicted molar refractivity (Wildman–Crippen MR) is 101 cm³/mol. The van der Waals surface area contributed by atoms with Crippen LogP contribution in [0.2, 0.25) is 0 Å². The molecule has 0 spiro atoms. The molecule has 2 heterocycles. The SMILES string of the molecule is CS(=O)(=O)c1ccccc1N1CCC(C(=O)NCc2cccnc2)CC1. The van der Waals surface area contributed by atoms with Crippen LogP contribution in [0, 0.1) is 5.92 Å². The molecule has 1 amide bonds. The van der Waals surface area contributed by atoms with Crippen LogP contribution in [0.4, 0.5) is 5.69 Å². The maximum atomic E-state index is 12.4. The number of hydrogen-bond donors (Lipinski definition) is 1. The molecule has 138 valence electrons. The number of hydrogen-bond acceptors (Lipinski definition) is 5. The van der Waals surface area contributed by atoms with E-state index in [-0.39, 0.29) is 11.8 Å². The minimum Gasteiger partial charge on any atom is -0.370 e. The van der Waals surface area contributed by atoms with Crippen LogP contribution in [0.25, 0.3) is 0 Å². The zero-order valence-electron chi connectivity index (χ0n) is 14.8. The summed E-state index contributed by atoms with van der Waals surface area (Å²) in [6.45, 7) is 1.80. The van der Waals surface area contributed by atoms with E-state index in [1.165, 1.54) is 6.26 Å². The molecule has 3 rings (SSSR count). The van der Waals surface area contributed by atoms with Gasteiger partial charge in [0, 0.05) is 44.2 Å². The maximum absolute atomic E-state index is 12.4. The summed E-state index contributed by atoms with van der Waals surface area (Å²) in [6, 6.07) is 10.8. The third-order valence-corrected chi connectivity index (χ3v) is 5.80. The molecule has 0 unspecified atom stereocenters. The number of piperidine rings is 1. The Kier molecular flexibility index (Phi) is 5.56. The average molecular weight is 373 g/mol. The van der Waals surface area contributed by atoms with Gasteiger partial charge in [0.2, 0.25) is 5.91 Å². The van der Waals surface area contributed by atoms with Crippen molar-refractivity contribution in [3.8, 4) is 0 Å². The lowest BCUT2D eigenvalue weighted by Crippen LogP contribution is -2.40. The summed E-state index contributed by atoms with van der Waals surface area (Å²) < 4.78 is 24.0. The average Bonchev–Trinajstić information content (AvgIpc) is 2.66. The smallest absolute Gasteiger partial charge is 0.223 e. The van der Waals surface area contributed by atoms with Gasteiger partial charge in [-0.25, -0.2) is 8.42 Å². The van der Waals surface area contributed by atoms with Gasteiger partial charge in [-0.3, -0.25) is 9.78 Å². The van der Waals surface area contributed by atoms with E-state index in [1.54, 1.807) is 24.5 Å². The molecule has 0 radical (unpaired) electrons. The number of pyridine rings is 1. The number of rotatable bonds is 5. The van der Waals surface area contributed by atoms with Crippen LogP contribution in [-0.4, -0.2) is 38.7 Å². The van der Waals surface area contributed by atoms with E-state index >= 15 is 0 Å². The van der Waals surface area contributed by atoms with Gasteiger partial charge in [-0.1, -0.05) is 18.2 Å². The number of nitrogens with one attached hydrogen (secondary N) is 1.